The maximum absolute atomic E-state index is 12.2. The first-order valence-electron chi connectivity index (χ1n) is 7.79. The average Bonchev–Trinajstić information content (AvgIpc) is 2.42. The van der Waals surface area contributed by atoms with Crippen LogP contribution in [0.3, 0.4) is 0 Å². The van der Waals surface area contributed by atoms with Gasteiger partial charge in [-0.2, -0.15) is 0 Å². The molecule has 0 radical (unpaired) electrons. The standard InChI is InChI=1S/C14H28NO6P/c1-9(2)11-4-6-12(7-5-11)14(17)15-13(8-16)10(3)21-22(18,19)20/h9-13,16H,4-8H2,1-3H3,(H,15,17)(H2,18,19,20)/t10-,11?,12?,13-/m0/s1. The molecule has 8 heteroatoms. The van der Waals surface area contributed by atoms with Crippen molar-refractivity contribution in [2.24, 2.45) is 17.8 Å². The third-order valence-electron chi connectivity index (χ3n) is 4.48. The van der Waals surface area contributed by atoms with E-state index in [1.54, 1.807) is 0 Å². The molecule has 0 heterocycles. The van der Waals surface area contributed by atoms with Crippen molar-refractivity contribution in [1.29, 1.82) is 0 Å². The third-order valence-corrected chi connectivity index (χ3v) is 5.09. The molecule has 130 valence electrons. The summed E-state index contributed by atoms with van der Waals surface area (Å²) in [6.07, 6.45) is 2.66. The molecule has 1 fully saturated rings. The molecule has 4 N–H and O–H groups in total. The molecule has 1 saturated carbocycles. The van der Waals surface area contributed by atoms with E-state index in [9.17, 15) is 14.5 Å². The molecule has 1 amide bonds. The van der Waals surface area contributed by atoms with Crippen molar-refractivity contribution in [3.63, 3.8) is 0 Å². The van der Waals surface area contributed by atoms with Crippen molar-refractivity contribution in [2.45, 2.75) is 58.6 Å². The van der Waals surface area contributed by atoms with E-state index in [0.29, 0.717) is 11.8 Å². The Morgan fingerprint density at radius 1 is 1.23 bits per heavy atom. The number of hydrogen-bond acceptors (Lipinski definition) is 4. The summed E-state index contributed by atoms with van der Waals surface area (Å²) in [6.45, 7) is 5.35. The molecule has 0 spiro atoms. The highest BCUT2D eigenvalue weighted by atomic mass is 31.2. The van der Waals surface area contributed by atoms with E-state index in [1.165, 1.54) is 6.92 Å². The fraction of sp³-hybridized carbons (Fsp3) is 0.929. The Morgan fingerprint density at radius 2 is 1.77 bits per heavy atom. The van der Waals surface area contributed by atoms with Gasteiger partial charge in [0.2, 0.25) is 5.91 Å². The van der Waals surface area contributed by atoms with Crippen molar-refractivity contribution in [2.75, 3.05) is 6.61 Å². The van der Waals surface area contributed by atoms with E-state index in [4.69, 9.17) is 9.79 Å². The first-order chi connectivity index (χ1) is 10.1. The predicted octanol–water partition coefficient (Wildman–Crippen LogP) is 1.42. The van der Waals surface area contributed by atoms with Gasteiger partial charge >= 0.3 is 7.82 Å². The van der Waals surface area contributed by atoms with Crippen LogP contribution in [0.15, 0.2) is 0 Å². The summed E-state index contributed by atoms with van der Waals surface area (Å²) in [5.74, 6) is 0.981. The Kier molecular flexibility index (Phi) is 7.49. The summed E-state index contributed by atoms with van der Waals surface area (Å²) >= 11 is 0. The van der Waals surface area contributed by atoms with Gasteiger partial charge in [-0.15, -0.1) is 0 Å². The van der Waals surface area contributed by atoms with Crippen LogP contribution >= 0.6 is 7.82 Å². The molecular weight excluding hydrogens is 309 g/mol. The van der Waals surface area contributed by atoms with Crippen LogP contribution in [-0.2, 0) is 13.9 Å². The zero-order valence-electron chi connectivity index (χ0n) is 13.4. The minimum absolute atomic E-state index is 0.105. The molecule has 1 aliphatic carbocycles. The number of amides is 1. The molecule has 0 bridgehead atoms. The molecule has 7 nitrogen and oxygen atoms in total. The van der Waals surface area contributed by atoms with Gasteiger partial charge in [-0.25, -0.2) is 4.57 Å². The Morgan fingerprint density at radius 3 is 2.18 bits per heavy atom. The third kappa shape index (κ3) is 6.34. The minimum atomic E-state index is -4.65. The number of carbonyl (C=O) groups is 1. The lowest BCUT2D eigenvalue weighted by Crippen LogP contribution is -2.48. The highest BCUT2D eigenvalue weighted by molar-refractivity contribution is 7.46. The van der Waals surface area contributed by atoms with E-state index in [-0.39, 0.29) is 11.8 Å². The molecular formula is C14H28NO6P. The molecule has 1 rings (SSSR count). The monoisotopic (exact) mass is 337 g/mol. The average molecular weight is 337 g/mol. The summed E-state index contributed by atoms with van der Waals surface area (Å²) in [4.78, 5) is 29.8. The normalized spacial score (nSPS) is 25.8. The van der Waals surface area contributed by atoms with Crippen LogP contribution in [0.1, 0.15) is 46.5 Å². The van der Waals surface area contributed by atoms with Crippen LogP contribution in [0.4, 0.5) is 0 Å². The smallest absolute Gasteiger partial charge is 0.394 e. The second-order valence-electron chi connectivity index (χ2n) is 6.45. The molecule has 22 heavy (non-hydrogen) atoms. The van der Waals surface area contributed by atoms with Crippen molar-refractivity contribution < 1.29 is 28.8 Å². The van der Waals surface area contributed by atoms with Gasteiger partial charge in [-0.05, 0) is 44.4 Å². The van der Waals surface area contributed by atoms with Crippen LogP contribution in [-0.4, -0.2) is 39.6 Å². The van der Waals surface area contributed by atoms with Crippen LogP contribution in [0.5, 0.6) is 0 Å². The van der Waals surface area contributed by atoms with Gasteiger partial charge in [0.15, 0.2) is 0 Å². The minimum Gasteiger partial charge on any atom is -0.394 e. The van der Waals surface area contributed by atoms with Crippen LogP contribution in [0.25, 0.3) is 0 Å². The number of rotatable bonds is 7. The van der Waals surface area contributed by atoms with Crippen molar-refractivity contribution in [1.82, 2.24) is 5.32 Å². The number of hydrogen-bond donors (Lipinski definition) is 4. The molecule has 0 unspecified atom stereocenters. The maximum Gasteiger partial charge on any atom is 0.469 e. The summed E-state index contributed by atoms with van der Waals surface area (Å²) < 4.78 is 15.3. The van der Waals surface area contributed by atoms with Gasteiger partial charge in [-0.1, -0.05) is 13.8 Å². The molecule has 0 saturated heterocycles. The summed E-state index contributed by atoms with van der Waals surface area (Å²) in [5, 5.41) is 12.0. The zero-order chi connectivity index (χ0) is 16.9. The van der Waals surface area contributed by atoms with Crippen molar-refractivity contribution in [3.8, 4) is 0 Å². The summed E-state index contributed by atoms with van der Waals surface area (Å²) in [5.41, 5.74) is 0. The van der Waals surface area contributed by atoms with E-state index in [2.05, 4.69) is 23.7 Å². The predicted molar refractivity (Wildman–Crippen MR) is 81.9 cm³/mol. The van der Waals surface area contributed by atoms with Gasteiger partial charge in [0, 0.05) is 5.92 Å². The van der Waals surface area contributed by atoms with Gasteiger partial charge in [-0.3, -0.25) is 9.32 Å². The Hall–Kier alpha value is -0.460. The van der Waals surface area contributed by atoms with Gasteiger partial charge in [0.25, 0.3) is 0 Å². The topological polar surface area (TPSA) is 116 Å². The second-order valence-corrected chi connectivity index (χ2v) is 7.65. The lowest BCUT2D eigenvalue weighted by Gasteiger charge is -2.31. The second kappa shape index (κ2) is 8.41. The SMILES string of the molecule is CC(C)C1CCC(C(=O)N[C@@H](CO)[C@H](C)OP(=O)(O)O)CC1. The van der Waals surface area contributed by atoms with Crippen LogP contribution < -0.4 is 5.32 Å². The highest BCUT2D eigenvalue weighted by Crippen LogP contribution is 2.38. The van der Waals surface area contributed by atoms with E-state index in [1.807, 2.05) is 0 Å². The number of carbonyl (C=O) groups excluding carboxylic acids is 1. The molecule has 0 aromatic rings. The van der Waals surface area contributed by atoms with Crippen molar-refractivity contribution in [3.05, 3.63) is 0 Å². The number of nitrogens with one attached hydrogen (secondary N) is 1. The van der Waals surface area contributed by atoms with E-state index < -0.39 is 26.6 Å². The number of phosphoric acid groups is 1. The number of aliphatic hydroxyl groups excluding tert-OH is 1. The lowest BCUT2D eigenvalue weighted by molar-refractivity contribution is -0.128. The highest BCUT2D eigenvalue weighted by Gasteiger charge is 2.31. The fourth-order valence-corrected chi connectivity index (χ4v) is 3.53. The number of aliphatic hydroxyl groups is 1. The largest absolute Gasteiger partial charge is 0.469 e. The van der Waals surface area contributed by atoms with Gasteiger partial charge in [0.1, 0.15) is 0 Å². The Balaban J connectivity index is 2.50. The summed E-state index contributed by atoms with van der Waals surface area (Å²) in [7, 11) is -4.65. The Bertz CT molecular complexity index is 402. The molecule has 0 aromatic carbocycles. The summed E-state index contributed by atoms with van der Waals surface area (Å²) in [6, 6.07) is -0.831. The first-order valence-corrected chi connectivity index (χ1v) is 9.32. The fourth-order valence-electron chi connectivity index (χ4n) is 2.95. The molecule has 1 aliphatic rings. The van der Waals surface area contributed by atoms with Gasteiger partial charge in [0.05, 0.1) is 18.8 Å². The van der Waals surface area contributed by atoms with Crippen molar-refractivity contribution >= 4 is 13.7 Å². The van der Waals surface area contributed by atoms with Crippen LogP contribution in [0, 0.1) is 17.8 Å². The quantitative estimate of drug-likeness (QED) is 0.522. The lowest BCUT2D eigenvalue weighted by atomic mass is 9.76. The molecule has 0 aliphatic heterocycles. The van der Waals surface area contributed by atoms with E-state index >= 15 is 0 Å². The molecule has 2 atom stereocenters. The molecule has 0 aromatic heterocycles. The zero-order valence-corrected chi connectivity index (χ0v) is 14.3. The first kappa shape index (κ1) is 19.6. The maximum atomic E-state index is 12.2. The van der Waals surface area contributed by atoms with Crippen LogP contribution in [0.2, 0.25) is 0 Å². The van der Waals surface area contributed by atoms with Gasteiger partial charge < -0.3 is 20.2 Å². The number of phosphoric ester groups is 1. The van der Waals surface area contributed by atoms with E-state index in [0.717, 1.165) is 25.7 Å². The Labute approximate surface area is 131 Å².